The van der Waals surface area contributed by atoms with Gasteiger partial charge in [-0.05, 0) is 18.2 Å². The van der Waals surface area contributed by atoms with Crippen LogP contribution >= 0.6 is 11.8 Å². The van der Waals surface area contributed by atoms with Gasteiger partial charge in [0.15, 0.2) is 11.5 Å². The molecule has 1 aromatic carbocycles. The van der Waals surface area contributed by atoms with Crippen molar-refractivity contribution in [2.75, 3.05) is 14.2 Å². The Morgan fingerprint density at radius 1 is 1.00 bits per heavy atom. The monoisotopic (exact) mass is 362 g/mol. The van der Waals surface area contributed by atoms with Gasteiger partial charge in [-0.2, -0.15) is 0 Å². The smallest absolute Gasteiger partial charge is 0.277 e. The van der Waals surface area contributed by atoms with Crippen molar-refractivity contribution in [1.29, 1.82) is 0 Å². The van der Waals surface area contributed by atoms with Crippen molar-refractivity contribution >= 4 is 11.8 Å². The van der Waals surface area contributed by atoms with Crippen LogP contribution in [-0.4, -0.2) is 34.6 Å². The van der Waals surface area contributed by atoms with E-state index in [0.717, 1.165) is 5.56 Å². The molecule has 2 heterocycles. The van der Waals surface area contributed by atoms with Gasteiger partial charge < -0.3 is 18.3 Å². The standard InChI is InChI=1S/C16H18N4O4S/c1-9(2)14-18-20-16(24-14)25-8-13-17-19-15(23-13)10-5-6-11(21-3)12(7-10)22-4/h5-7,9H,8H2,1-4H3. The largest absolute Gasteiger partial charge is 0.493 e. The molecule has 0 unspecified atom stereocenters. The molecule has 2 aromatic heterocycles. The van der Waals surface area contributed by atoms with Gasteiger partial charge in [0, 0.05) is 11.5 Å². The summed E-state index contributed by atoms with van der Waals surface area (Å²) in [5.41, 5.74) is 0.751. The topological polar surface area (TPSA) is 96.3 Å². The number of ether oxygens (including phenoxy) is 2. The number of rotatable bonds is 7. The van der Waals surface area contributed by atoms with E-state index in [1.54, 1.807) is 26.4 Å². The molecule has 3 rings (SSSR count). The highest BCUT2D eigenvalue weighted by Gasteiger charge is 2.14. The first-order valence-corrected chi connectivity index (χ1v) is 8.60. The summed E-state index contributed by atoms with van der Waals surface area (Å²) in [5, 5.41) is 16.6. The summed E-state index contributed by atoms with van der Waals surface area (Å²) >= 11 is 1.35. The fraction of sp³-hybridized carbons (Fsp3) is 0.375. The Morgan fingerprint density at radius 3 is 2.48 bits per heavy atom. The molecule has 0 radical (unpaired) electrons. The molecular formula is C16H18N4O4S. The van der Waals surface area contributed by atoms with Crippen LogP contribution in [0.4, 0.5) is 0 Å². The predicted molar refractivity (Wildman–Crippen MR) is 90.8 cm³/mol. The lowest BCUT2D eigenvalue weighted by molar-refractivity contribution is 0.355. The molecule has 0 bridgehead atoms. The van der Waals surface area contributed by atoms with E-state index < -0.39 is 0 Å². The number of aromatic nitrogens is 4. The predicted octanol–water partition coefficient (Wildman–Crippen LogP) is 3.55. The zero-order valence-corrected chi connectivity index (χ0v) is 15.2. The zero-order chi connectivity index (χ0) is 17.8. The third kappa shape index (κ3) is 3.93. The first-order chi connectivity index (χ1) is 12.1. The van der Waals surface area contributed by atoms with Gasteiger partial charge in [0.25, 0.3) is 5.22 Å². The second-order valence-electron chi connectivity index (χ2n) is 5.42. The lowest BCUT2D eigenvalue weighted by atomic mass is 10.2. The summed E-state index contributed by atoms with van der Waals surface area (Å²) in [6.07, 6.45) is 0. The molecule has 0 aliphatic heterocycles. The lowest BCUT2D eigenvalue weighted by Crippen LogP contribution is -1.90. The van der Waals surface area contributed by atoms with Crippen LogP contribution in [0.25, 0.3) is 11.5 Å². The van der Waals surface area contributed by atoms with E-state index in [4.69, 9.17) is 18.3 Å². The first kappa shape index (κ1) is 17.3. The zero-order valence-electron chi connectivity index (χ0n) is 14.3. The van der Waals surface area contributed by atoms with Crippen LogP contribution in [0, 0.1) is 0 Å². The van der Waals surface area contributed by atoms with E-state index >= 15 is 0 Å². The van der Waals surface area contributed by atoms with Crippen LogP contribution in [0.2, 0.25) is 0 Å². The van der Waals surface area contributed by atoms with Crippen molar-refractivity contribution in [2.45, 2.75) is 30.7 Å². The van der Waals surface area contributed by atoms with Crippen LogP contribution in [0.1, 0.15) is 31.5 Å². The van der Waals surface area contributed by atoms with Crippen LogP contribution in [0.15, 0.2) is 32.3 Å². The van der Waals surface area contributed by atoms with Crippen LogP contribution in [-0.2, 0) is 5.75 Å². The van der Waals surface area contributed by atoms with E-state index in [9.17, 15) is 0 Å². The number of hydrogen-bond donors (Lipinski definition) is 0. The molecule has 132 valence electrons. The molecule has 0 atom stereocenters. The van der Waals surface area contributed by atoms with Gasteiger partial charge >= 0.3 is 0 Å². The van der Waals surface area contributed by atoms with Gasteiger partial charge in [-0.3, -0.25) is 0 Å². The SMILES string of the molecule is COc1ccc(-c2nnc(CSc3nnc(C(C)C)o3)o2)cc1OC. The number of hydrogen-bond acceptors (Lipinski definition) is 9. The number of methoxy groups -OCH3 is 2. The molecule has 0 saturated carbocycles. The van der Waals surface area contributed by atoms with Gasteiger partial charge in [0.05, 0.1) is 20.0 Å². The van der Waals surface area contributed by atoms with Crippen LogP contribution < -0.4 is 9.47 Å². The Bertz CT molecular complexity index is 846. The van der Waals surface area contributed by atoms with Gasteiger partial charge in [-0.1, -0.05) is 25.6 Å². The summed E-state index contributed by atoms with van der Waals surface area (Å²) < 4.78 is 21.7. The number of nitrogens with zero attached hydrogens (tertiary/aromatic N) is 4. The Labute approximate surface area is 148 Å². The molecule has 0 aliphatic carbocycles. The third-order valence-corrected chi connectivity index (χ3v) is 4.14. The molecule has 0 saturated heterocycles. The number of benzene rings is 1. The van der Waals surface area contributed by atoms with Crippen LogP contribution in [0.5, 0.6) is 11.5 Å². The summed E-state index contributed by atoms with van der Waals surface area (Å²) in [6, 6.07) is 5.41. The minimum Gasteiger partial charge on any atom is -0.493 e. The maximum Gasteiger partial charge on any atom is 0.277 e. The van der Waals surface area contributed by atoms with Crippen molar-refractivity contribution in [3.05, 3.63) is 30.0 Å². The maximum absolute atomic E-state index is 5.69. The van der Waals surface area contributed by atoms with Gasteiger partial charge in [-0.15, -0.1) is 20.4 Å². The summed E-state index contributed by atoms with van der Waals surface area (Å²) in [5.74, 6) is 3.37. The second kappa shape index (κ2) is 7.56. The molecule has 0 fully saturated rings. The van der Waals surface area contributed by atoms with Crippen molar-refractivity contribution in [3.8, 4) is 23.0 Å². The van der Waals surface area contributed by atoms with Crippen LogP contribution in [0.3, 0.4) is 0 Å². The summed E-state index contributed by atoms with van der Waals surface area (Å²) in [6.45, 7) is 3.99. The average molecular weight is 362 g/mol. The molecular weight excluding hydrogens is 344 g/mol. The van der Waals surface area contributed by atoms with E-state index in [-0.39, 0.29) is 5.92 Å². The fourth-order valence-electron chi connectivity index (χ4n) is 2.03. The highest BCUT2D eigenvalue weighted by Crippen LogP contribution is 2.32. The van der Waals surface area contributed by atoms with E-state index in [0.29, 0.717) is 40.1 Å². The van der Waals surface area contributed by atoms with Crippen molar-refractivity contribution in [3.63, 3.8) is 0 Å². The Kier molecular flexibility index (Phi) is 5.22. The number of thioether (sulfide) groups is 1. The molecule has 0 amide bonds. The molecule has 0 spiro atoms. The quantitative estimate of drug-likeness (QED) is 0.584. The second-order valence-corrected chi connectivity index (χ2v) is 6.35. The lowest BCUT2D eigenvalue weighted by Gasteiger charge is -2.07. The molecule has 0 aliphatic rings. The summed E-state index contributed by atoms with van der Waals surface area (Å²) in [4.78, 5) is 0. The minimum atomic E-state index is 0.196. The summed E-state index contributed by atoms with van der Waals surface area (Å²) in [7, 11) is 3.16. The normalized spacial score (nSPS) is 11.1. The van der Waals surface area contributed by atoms with Gasteiger partial charge in [0.1, 0.15) is 0 Å². The Hall–Kier alpha value is -2.55. The van der Waals surface area contributed by atoms with Gasteiger partial charge in [0.2, 0.25) is 17.7 Å². The molecule has 25 heavy (non-hydrogen) atoms. The van der Waals surface area contributed by atoms with E-state index in [1.807, 2.05) is 19.9 Å². The first-order valence-electron chi connectivity index (χ1n) is 7.61. The van der Waals surface area contributed by atoms with Gasteiger partial charge in [-0.25, -0.2) is 0 Å². The van der Waals surface area contributed by atoms with E-state index in [1.165, 1.54) is 11.8 Å². The fourth-order valence-corrected chi connectivity index (χ4v) is 2.64. The third-order valence-electron chi connectivity index (χ3n) is 3.33. The van der Waals surface area contributed by atoms with E-state index in [2.05, 4.69) is 20.4 Å². The maximum atomic E-state index is 5.69. The Morgan fingerprint density at radius 2 is 1.80 bits per heavy atom. The molecule has 9 heteroatoms. The molecule has 0 N–H and O–H groups in total. The van der Waals surface area contributed by atoms with Crippen molar-refractivity contribution < 1.29 is 18.3 Å². The highest BCUT2D eigenvalue weighted by atomic mass is 32.2. The Balaban J connectivity index is 1.69. The minimum absolute atomic E-state index is 0.196. The molecule has 3 aromatic rings. The molecule has 8 nitrogen and oxygen atoms in total. The van der Waals surface area contributed by atoms with Crippen molar-refractivity contribution in [1.82, 2.24) is 20.4 Å². The average Bonchev–Trinajstić information content (AvgIpc) is 3.28. The van der Waals surface area contributed by atoms with Crippen molar-refractivity contribution in [2.24, 2.45) is 0 Å². The highest BCUT2D eigenvalue weighted by molar-refractivity contribution is 7.98.